The standard InChI is InChI=1S/C14H17ClF3N3O3S/c15-5-6-19-25(23,24)20-12-2-1-10-3-7-21(8-4-11(10)9-12)13(22)14(16,17)18/h1-2,9,19-20H,3-8H2. The minimum atomic E-state index is -4.90. The maximum Gasteiger partial charge on any atom is 0.471 e. The van der Waals surface area contributed by atoms with E-state index in [1.165, 1.54) is 6.07 Å². The number of carbonyl (C=O) groups excluding carboxylic acids is 1. The van der Waals surface area contributed by atoms with Crippen LogP contribution in [0.5, 0.6) is 0 Å². The number of halogens is 4. The Morgan fingerprint density at radius 3 is 2.44 bits per heavy atom. The topological polar surface area (TPSA) is 78.5 Å². The average molecular weight is 400 g/mol. The number of rotatable bonds is 5. The Morgan fingerprint density at radius 1 is 1.20 bits per heavy atom. The maximum absolute atomic E-state index is 12.6. The lowest BCUT2D eigenvalue weighted by molar-refractivity contribution is -0.185. The largest absolute Gasteiger partial charge is 0.471 e. The molecular weight excluding hydrogens is 383 g/mol. The van der Waals surface area contributed by atoms with Crippen molar-refractivity contribution in [1.82, 2.24) is 9.62 Å². The van der Waals surface area contributed by atoms with Crippen molar-refractivity contribution in [2.45, 2.75) is 19.0 Å². The third kappa shape index (κ3) is 5.48. The summed E-state index contributed by atoms with van der Waals surface area (Å²) in [5, 5.41) is 0. The zero-order valence-corrected chi connectivity index (χ0v) is 14.6. The van der Waals surface area contributed by atoms with Crippen LogP contribution in [0, 0.1) is 0 Å². The van der Waals surface area contributed by atoms with Gasteiger partial charge in [-0.25, -0.2) is 0 Å². The molecule has 25 heavy (non-hydrogen) atoms. The van der Waals surface area contributed by atoms with Gasteiger partial charge >= 0.3 is 12.1 Å². The molecule has 1 aromatic rings. The van der Waals surface area contributed by atoms with E-state index in [2.05, 4.69) is 9.44 Å². The van der Waals surface area contributed by atoms with Crippen LogP contribution in [0.2, 0.25) is 0 Å². The lowest BCUT2D eigenvalue weighted by Crippen LogP contribution is -2.42. The number of alkyl halides is 4. The Labute approximate surface area is 148 Å². The van der Waals surface area contributed by atoms with Crippen LogP contribution in [0.4, 0.5) is 18.9 Å². The molecule has 2 rings (SSSR count). The summed E-state index contributed by atoms with van der Waals surface area (Å²) in [5.74, 6) is -1.74. The van der Waals surface area contributed by atoms with Crippen LogP contribution in [0.15, 0.2) is 18.2 Å². The van der Waals surface area contributed by atoms with Gasteiger partial charge in [-0.2, -0.15) is 26.3 Å². The predicted molar refractivity (Wildman–Crippen MR) is 87.8 cm³/mol. The Balaban J connectivity index is 2.10. The molecule has 0 unspecified atom stereocenters. The first-order valence-electron chi connectivity index (χ1n) is 7.43. The molecule has 1 heterocycles. The van der Waals surface area contributed by atoms with Crippen molar-refractivity contribution >= 4 is 33.4 Å². The molecule has 140 valence electrons. The molecule has 1 amide bonds. The summed E-state index contributed by atoms with van der Waals surface area (Å²) >= 11 is 5.43. The van der Waals surface area contributed by atoms with Gasteiger partial charge < -0.3 is 4.90 Å². The number of nitrogens with one attached hydrogen (secondary N) is 2. The fraction of sp³-hybridized carbons (Fsp3) is 0.500. The number of anilines is 1. The summed E-state index contributed by atoms with van der Waals surface area (Å²) in [6.45, 7) is -0.0456. The molecule has 0 atom stereocenters. The van der Waals surface area contributed by atoms with Crippen molar-refractivity contribution in [1.29, 1.82) is 0 Å². The van der Waals surface area contributed by atoms with Crippen molar-refractivity contribution in [3.05, 3.63) is 29.3 Å². The van der Waals surface area contributed by atoms with Gasteiger partial charge in [0.1, 0.15) is 0 Å². The molecular formula is C14H17ClF3N3O3S. The maximum atomic E-state index is 12.6. The highest BCUT2D eigenvalue weighted by molar-refractivity contribution is 7.90. The third-order valence-electron chi connectivity index (χ3n) is 3.68. The number of hydrogen-bond acceptors (Lipinski definition) is 3. The molecule has 11 heteroatoms. The van der Waals surface area contributed by atoms with Crippen molar-refractivity contribution < 1.29 is 26.4 Å². The second-order valence-electron chi connectivity index (χ2n) is 5.46. The van der Waals surface area contributed by atoms with Gasteiger partial charge in [0, 0.05) is 25.5 Å². The van der Waals surface area contributed by atoms with E-state index in [4.69, 9.17) is 11.6 Å². The van der Waals surface area contributed by atoms with Gasteiger partial charge in [0.2, 0.25) is 0 Å². The SMILES string of the molecule is O=C(N1CCc2ccc(NS(=O)(=O)NCCCl)cc2CC1)C(F)(F)F. The molecule has 0 radical (unpaired) electrons. The number of fused-ring (bicyclic) bond motifs is 1. The van der Waals surface area contributed by atoms with Crippen molar-refractivity contribution in [3.8, 4) is 0 Å². The highest BCUT2D eigenvalue weighted by Gasteiger charge is 2.42. The highest BCUT2D eigenvalue weighted by atomic mass is 35.5. The molecule has 0 spiro atoms. The molecule has 1 aliphatic rings. The van der Waals surface area contributed by atoms with Gasteiger partial charge in [0.15, 0.2) is 0 Å². The Kier molecular flexibility index (Phi) is 6.17. The van der Waals surface area contributed by atoms with Crippen LogP contribution < -0.4 is 9.44 Å². The molecule has 0 saturated carbocycles. The van der Waals surface area contributed by atoms with Gasteiger partial charge in [-0.05, 0) is 36.1 Å². The van der Waals surface area contributed by atoms with Crippen LogP contribution >= 0.6 is 11.6 Å². The van der Waals surface area contributed by atoms with E-state index in [1.807, 2.05) is 0 Å². The first kappa shape index (κ1) is 19.8. The smallest absolute Gasteiger partial charge is 0.334 e. The van der Waals surface area contributed by atoms with Crippen LogP contribution in [0.3, 0.4) is 0 Å². The van der Waals surface area contributed by atoms with Gasteiger partial charge in [-0.3, -0.25) is 9.52 Å². The summed E-state index contributed by atoms with van der Waals surface area (Å²) in [6, 6.07) is 4.74. The molecule has 1 aromatic carbocycles. The Morgan fingerprint density at radius 2 is 1.84 bits per heavy atom. The molecule has 0 aromatic heterocycles. The molecule has 0 aliphatic carbocycles. The highest BCUT2D eigenvalue weighted by Crippen LogP contribution is 2.24. The molecule has 0 fully saturated rings. The van der Waals surface area contributed by atoms with Crippen LogP contribution in [-0.2, 0) is 27.8 Å². The summed E-state index contributed by atoms with van der Waals surface area (Å²) in [5.41, 5.74) is 1.78. The van der Waals surface area contributed by atoms with Gasteiger partial charge in [0.05, 0.1) is 5.69 Å². The van der Waals surface area contributed by atoms with Crippen molar-refractivity contribution in [2.75, 3.05) is 30.2 Å². The van der Waals surface area contributed by atoms with Crippen LogP contribution in [0.25, 0.3) is 0 Å². The van der Waals surface area contributed by atoms with Crippen molar-refractivity contribution in [3.63, 3.8) is 0 Å². The molecule has 6 nitrogen and oxygen atoms in total. The van der Waals surface area contributed by atoms with E-state index in [0.29, 0.717) is 5.56 Å². The first-order chi connectivity index (χ1) is 11.6. The minimum Gasteiger partial charge on any atom is -0.334 e. The Hall–Kier alpha value is -1.52. The first-order valence-corrected chi connectivity index (χ1v) is 9.45. The van der Waals surface area contributed by atoms with Gasteiger partial charge in [-0.1, -0.05) is 6.07 Å². The fourth-order valence-corrected chi connectivity index (χ4v) is 3.62. The average Bonchev–Trinajstić information content (AvgIpc) is 2.73. The number of amides is 1. The monoisotopic (exact) mass is 399 g/mol. The zero-order valence-electron chi connectivity index (χ0n) is 13.1. The van der Waals surface area contributed by atoms with E-state index in [0.717, 1.165) is 10.5 Å². The molecule has 0 bridgehead atoms. The van der Waals surface area contributed by atoms with E-state index >= 15 is 0 Å². The number of nitrogens with zero attached hydrogens (tertiary/aromatic N) is 1. The van der Waals surface area contributed by atoms with Crippen LogP contribution in [-0.4, -0.2) is 50.9 Å². The summed E-state index contributed by atoms with van der Waals surface area (Å²) in [4.78, 5) is 12.1. The predicted octanol–water partition coefficient (Wildman–Crippen LogP) is 1.66. The third-order valence-corrected chi connectivity index (χ3v) is 4.95. The lowest BCUT2D eigenvalue weighted by atomic mass is 10.0. The number of benzene rings is 1. The lowest BCUT2D eigenvalue weighted by Gasteiger charge is -2.21. The molecule has 1 aliphatic heterocycles. The number of carbonyl (C=O) groups is 1. The van der Waals surface area contributed by atoms with Gasteiger partial charge in [0.25, 0.3) is 10.2 Å². The van der Waals surface area contributed by atoms with Gasteiger partial charge in [-0.15, -0.1) is 11.6 Å². The molecule has 0 saturated heterocycles. The van der Waals surface area contributed by atoms with E-state index in [-0.39, 0.29) is 44.0 Å². The fourth-order valence-electron chi connectivity index (χ4n) is 2.54. The second kappa shape index (κ2) is 7.79. The summed E-state index contributed by atoms with van der Waals surface area (Å²) in [6.07, 6.45) is -4.41. The van der Waals surface area contributed by atoms with Crippen LogP contribution in [0.1, 0.15) is 11.1 Å². The van der Waals surface area contributed by atoms with E-state index < -0.39 is 22.3 Å². The van der Waals surface area contributed by atoms with Crippen molar-refractivity contribution in [2.24, 2.45) is 0 Å². The minimum absolute atomic E-state index is 0.0340. The second-order valence-corrected chi connectivity index (χ2v) is 7.34. The zero-order chi connectivity index (χ0) is 18.7. The van der Waals surface area contributed by atoms with E-state index in [1.54, 1.807) is 12.1 Å². The Bertz CT molecular complexity index is 741. The normalized spacial score (nSPS) is 15.4. The molecule has 2 N–H and O–H groups in total. The van der Waals surface area contributed by atoms with E-state index in [9.17, 15) is 26.4 Å². The quantitative estimate of drug-likeness (QED) is 0.739. The summed E-state index contributed by atoms with van der Waals surface area (Å²) < 4.78 is 65.8. The number of hydrogen-bond donors (Lipinski definition) is 2. The summed E-state index contributed by atoms with van der Waals surface area (Å²) in [7, 11) is -3.77.